The number of phenols is 1. The third kappa shape index (κ3) is 2.97. The smallest absolute Gasteiger partial charge is 0.234 e. The molecule has 6 heteroatoms. The Bertz CT molecular complexity index is 1570. The number of piperidine rings is 1. The summed E-state index contributed by atoms with van der Waals surface area (Å²) in [6.45, 7) is 1.96. The molecule has 2 saturated carbocycles. The zero-order valence-electron chi connectivity index (χ0n) is 23.4. The maximum absolute atomic E-state index is 14.5. The van der Waals surface area contributed by atoms with Crippen molar-refractivity contribution in [1.82, 2.24) is 9.80 Å². The van der Waals surface area contributed by atoms with Gasteiger partial charge >= 0.3 is 0 Å². The van der Waals surface area contributed by atoms with Crippen molar-refractivity contribution in [3.05, 3.63) is 82.9 Å². The summed E-state index contributed by atoms with van der Waals surface area (Å²) in [4.78, 5) is 19.0. The lowest BCUT2D eigenvalue weighted by Gasteiger charge is -2.64. The van der Waals surface area contributed by atoms with Crippen LogP contribution in [0.3, 0.4) is 0 Å². The number of likely N-dealkylation sites (tertiary alicyclic amines) is 1. The van der Waals surface area contributed by atoms with E-state index in [1.54, 1.807) is 6.07 Å². The van der Waals surface area contributed by atoms with E-state index in [0.717, 1.165) is 59.7 Å². The molecule has 4 aliphatic carbocycles. The van der Waals surface area contributed by atoms with Crippen LogP contribution >= 0.6 is 0 Å². The molecule has 210 valence electrons. The molecule has 2 aliphatic heterocycles. The zero-order valence-corrected chi connectivity index (χ0v) is 23.4. The number of phenolic OH excluding ortho intramolecular Hbond substituents is 1. The average molecular weight is 549 g/mol. The predicted octanol–water partition coefficient (Wildman–Crippen LogP) is 4.60. The number of rotatable bonds is 4. The fourth-order valence-corrected chi connectivity index (χ4v) is 9.64. The molecule has 2 heterocycles. The summed E-state index contributed by atoms with van der Waals surface area (Å²) in [5.74, 6) is 1.12. The quantitative estimate of drug-likeness (QED) is 0.499. The number of likely N-dealkylation sites (N-methyl/N-ethyl adjacent to an activating group) is 1. The second kappa shape index (κ2) is 8.14. The summed E-state index contributed by atoms with van der Waals surface area (Å²) in [6.07, 6.45) is 5.00. The van der Waals surface area contributed by atoms with Gasteiger partial charge in [-0.25, -0.2) is 0 Å². The first-order chi connectivity index (χ1) is 19.9. The average Bonchev–Trinajstić information content (AvgIpc) is 3.64. The van der Waals surface area contributed by atoms with E-state index >= 15 is 0 Å². The molecule has 0 aromatic heterocycles. The number of fused-ring (bicyclic) bond motifs is 3. The van der Waals surface area contributed by atoms with Gasteiger partial charge in [-0.2, -0.15) is 0 Å². The minimum Gasteiger partial charge on any atom is -0.504 e. The topological polar surface area (TPSA) is 73.2 Å². The highest BCUT2D eigenvalue weighted by Crippen LogP contribution is 2.66. The van der Waals surface area contributed by atoms with Crippen molar-refractivity contribution in [2.24, 2.45) is 5.92 Å². The van der Waals surface area contributed by atoms with Gasteiger partial charge in [0.05, 0.1) is 23.0 Å². The second-order valence-electron chi connectivity index (χ2n) is 13.5. The maximum atomic E-state index is 14.5. The summed E-state index contributed by atoms with van der Waals surface area (Å²) in [5.41, 5.74) is 4.97. The van der Waals surface area contributed by atoms with E-state index in [4.69, 9.17) is 4.74 Å². The number of aliphatic hydroxyl groups is 1. The first-order valence-corrected chi connectivity index (χ1v) is 15.4. The lowest BCUT2D eigenvalue weighted by molar-refractivity contribution is -0.200. The molecular formula is C35H36N2O4. The molecule has 6 aliphatic rings. The van der Waals surface area contributed by atoms with Gasteiger partial charge in [0, 0.05) is 25.2 Å². The molecule has 2 bridgehead atoms. The molecule has 3 fully saturated rings. The van der Waals surface area contributed by atoms with Crippen LogP contribution in [0, 0.1) is 5.92 Å². The molecule has 1 saturated heterocycles. The Labute approximate surface area is 240 Å². The normalized spacial score (nSPS) is 32.6. The monoisotopic (exact) mass is 548 g/mol. The summed E-state index contributed by atoms with van der Waals surface area (Å²) >= 11 is 0. The van der Waals surface area contributed by atoms with Gasteiger partial charge < -0.3 is 19.8 Å². The molecule has 3 aromatic rings. The molecule has 41 heavy (non-hydrogen) atoms. The number of benzene rings is 3. The highest BCUT2D eigenvalue weighted by molar-refractivity contribution is 5.96. The van der Waals surface area contributed by atoms with Crippen LogP contribution in [0.4, 0.5) is 0 Å². The van der Waals surface area contributed by atoms with Gasteiger partial charge in [-0.05, 0) is 84.9 Å². The summed E-state index contributed by atoms with van der Waals surface area (Å²) in [7, 11) is 1.92. The van der Waals surface area contributed by atoms with Crippen molar-refractivity contribution in [2.45, 2.75) is 73.6 Å². The number of carbonyl (C=O) groups is 1. The van der Waals surface area contributed by atoms with Crippen LogP contribution in [-0.4, -0.2) is 69.8 Å². The Morgan fingerprint density at radius 3 is 2.41 bits per heavy atom. The molecule has 9 rings (SSSR count). The SMILES string of the molecule is CN(C(=O)C1c2ccccc2-c2ccccc21)[C@@H]1CC[C@@]2(O)[C@@H]3Cc4ccc(O)c5c4[C@@]2(CCN3CC2CC2)[C@H]1O5. The molecule has 5 atom stereocenters. The Hall–Kier alpha value is -3.35. The Morgan fingerprint density at radius 1 is 1.00 bits per heavy atom. The number of hydrogen-bond donors (Lipinski definition) is 2. The highest BCUT2D eigenvalue weighted by Gasteiger charge is 2.73. The fraction of sp³-hybridized carbons (Fsp3) is 0.457. The van der Waals surface area contributed by atoms with Crippen molar-refractivity contribution in [2.75, 3.05) is 20.1 Å². The Balaban J connectivity index is 1.13. The zero-order chi connectivity index (χ0) is 27.7. The third-order valence-corrected chi connectivity index (χ3v) is 11.7. The molecule has 3 aromatic carbocycles. The lowest BCUT2D eigenvalue weighted by atomic mass is 9.48. The van der Waals surface area contributed by atoms with Crippen LogP contribution in [0.1, 0.15) is 60.3 Å². The van der Waals surface area contributed by atoms with Gasteiger partial charge in [-0.3, -0.25) is 9.69 Å². The highest BCUT2D eigenvalue weighted by atomic mass is 16.5. The Morgan fingerprint density at radius 2 is 1.71 bits per heavy atom. The van der Waals surface area contributed by atoms with E-state index in [-0.39, 0.29) is 29.7 Å². The molecule has 0 radical (unpaired) electrons. The van der Waals surface area contributed by atoms with E-state index in [1.807, 2.05) is 42.3 Å². The van der Waals surface area contributed by atoms with Gasteiger partial charge in [-0.15, -0.1) is 0 Å². The van der Waals surface area contributed by atoms with E-state index < -0.39 is 17.1 Å². The van der Waals surface area contributed by atoms with Gasteiger partial charge in [0.15, 0.2) is 11.5 Å². The molecule has 1 spiro atoms. The largest absolute Gasteiger partial charge is 0.504 e. The summed E-state index contributed by atoms with van der Waals surface area (Å²) in [5, 5.41) is 23.8. The lowest BCUT2D eigenvalue weighted by Crippen LogP contribution is -2.78. The first kappa shape index (κ1) is 24.3. The minimum absolute atomic E-state index is 0.0292. The van der Waals surface area contributed by atoms with Crippen molar-refractivity contribution < 1.29 is 19.7 Å². The number of amides is 1. The van der Waals surface area contributed by atoms with Crippen LogP contribution in [0.5, 0.6) is 11.5 Å². The van der Waals surface area contributed by atoms with Crippen molar-refractivity contribution in [1.29, 1.82) is 0 Å². The van der Waals surface area contributed by atoms with Gasteiger partial charge in [0.2, 0.25) is 5.91 Å². The van der Waals surface area contributed by atoms with Gasteiger partial charge in [0.1, 0.15) is 6.10 Å². The summed E-state index contributed by atoms with van der Waals surface area (Å²) < 4.78 is 6.77. The molecule has 0 unspecified atom stereocenters. The van der Waals surface area contributed by atoms with Crippen molar-refractivity contribution >= 4 is 5.91 Å². The molecule has 1 amide bonds. The first-order valence-electron chi connectivity index (χ1n) is 15.4. The van der Waals surface area contributed by atoms with E-state index in [0.29, 0.717) is 18.6 Å². The van der Waals surface area contributed by atoms with E-state index in [2.05, 4.69) is 29.2 Å². The van der Waals surface area contributed by atoms with E-state index in [9.17, 15) is 15.0 Å². The predicted molar refractivity (Wildman–Crippen MR) is 155 cm³/mol. The minimum atomic E-state index is -0.955. The molecule has 2 N–H and O–H groups in total. The van der Waals surface area contributed by atoms with Crippen molar-refractivity contribution in [3.8, 4) is 22.6 Å². The van der Waals surface area contributed by atoms with Crippen LogP contribution < -0.4 is 4.74 Å². The standard InChI is InChI=1S/C35H36N2O4/c1-36(33(39)29-24-8-4-2-6-22(24)23-7-3-5-9-25(23)29)26-14-15-35(40)28-18-21-12-13-27(38)31-30(21)34(35,32(26)41-31)16-17-37(28)19-20-10-11-20/h2-9,12-13,20,26,28-29,32,38,40H,10-11,14-19H2,1H3/t26-,28+,32+,34+,35-/m1/s1. The molecular weight excluding hydrogens is 512 g/mol. The number of aromatic hydroxyl groups is 1. The van der Waals surface area contributed by atoms with Crippen LogP contribution in [0.25, 0.3) is 11.1 Å². The Kier molecular flexibility index (Phi) is 4.82. The maximum Gasteiger partial charge on any atom is 0.234 e. The van der Waals surface area contributed by atoms with Crippen LogP contribution in [0.2, 0.25) is 0 Å². The molecule has 6 nitrogen and oxygen atoms in total. The van der Waals surface area contributed by atoms with E-state index in [1.165, 1.54) is 18.4 Å². The summed E-state index contributed by atoms with van der Waals surface area (Å²) in [6, 6.07) is 20.1. The third-order valence-electron chi connectivity index (χ3n) is 11.7. The van der Waals surface area contributed by atoms with Gasteiger partial charge in [0.25, 0.3) is 0 Å². The van der Waals surface area contributed by atoms with Gasteiger partial charge in [-0.1, -0.05) is 54.6 Å². The number of ether oxygens (including phenoxy) is 1. The number of carbonyl (C=O) groups excluding carboxylic acids is 1. The number of nitrogens with zero attached hydrogens (tertiary/aromatic N) is 2. The number of hydrogen-bond acceptors (Lipinski definition) is 5. The van der Waals surface area contributed by atoms with Crippen LogP contribution in [-0.2, 0) is 16.6 Å². The van der Waals surface area contributed by atoms with Crippen LogP contribution in [0.15, 0.2) is 60.7 Å². The second-order valence-corrected chi connectivity index (χ2v) is 13.5. The van der Waals surface area contributed by atoms with Crippen molar-refractivity contribution in [3.63, 3.8) is 0 Å². The fourth-order valence-electron chi connectivity index (χ4n) is 9.64.